The van der Waals surface area contributed by atoms with Gasteiger partial charge in [0.25, 0.3) is 0 Å². The predicted octanol–water partition coefficient (Wildman–Crippen LogP) is 2.11. The number of phenolic OH excluding ortho intramolecular Hbond substituents is 1. The number of methoxy groups -OCH3 is 1. The van der Waals surface area contributed by atoms with E-state index in [9.17, 15) is 9.90 Å². The lowest BCUT2D eigenvalue weighted by molar-refractivity contribution is 0.100. The maximum Gasteiger partial charge on any atom is 0.248 e. The number of carbonyl (C=O) groups excluding carboxylic acids is 1. The highest BCUT2D eigenvalue weighted by Gasteiger charge is 2.07. The molecule has 5 heteroatoms. The Bertz CT molecular complexity index is 609. The third kappa shape index (κ3) is 3.00. The van der Waals surface area contributed by atoms with Gasteiger partial charge < -0.3 is 20.9 Å². The molecule has 1 amide bonds. The molecule has 0 fully saturated rings. The second kappa shape index (κ2) is 5.97. The summed E-state index contributed by atoms with van der Waals surface area (Å²) in [6.45, 7) is 0.443. The number of aromatic hydroxyl groups is 1. The van der Waals surface area contributed by atoms with E-state index in [1.807, 2.05) is 12.1 Å². The Morgan fingerprint density at radius 1 is 1.25 bits per heavy atom. The molecule has 0 spiro atoms. The highest BCUT2D eigenvalue weighted by Crippen LogP contribution is 2.29. The van der Waals surface area contributed by atoms with Crippen LogP contribution in [0.3, 0.4) is 0 Å². The van der Waals surface area contributed by atoms with Crippen molar-refractivity contribution in [2.24, 2.45) is 5.73 Å². The van der Waals surface area contributed by atoms with Gasteiger partial charge >= 0.3 is 0 Å². The zero-order valence-electron chi connectivity index (χ0n) is 11.1. The van der Waals surface area contributed by atoms with Crippen LogP contribution in [0.25, 0.3) is 0 Å². The first-order chi connectivity index (χ1) is 9.61. The molecule has 0 radical (unpaired) electrons. The van der Waals surface area contributed by atoms with Crippen LogP contribution in [-0.2, 0) is 6.54 Å². The molecular weight excluding hydrogens is 256 g/mol. The maximum atomic E-state index is 11.0. The van der Waals surface area contributed by atoms with Crippen LogP contribution in [0, 0.1) is 0 Å². The Labute approximate surface area is 117 Å². The summed E-state index contributed by atoms with van der Waals surface area (Å²) in [5.74, 6) is 0.103. The molecule has 0 saturated heterocycles. The van der Waals surface area contributed by atoms with Gasteiger partial charge in [-0.15, -0.1) is 0 Å². The van der Waals surface area contributed by atoms with E-state index in [-0.39, 0.29) is 5.75 Å². The summed E-state index contributed by atoms with van der Waals surface area (Å²) in [5, 5.41) is 13.1. The highest BCUT2D eigenvalue weighted by molar-refractivity contribution is 5.93. The minimum Gasteiger partial charge on any atom is -0.504 e. The predicted molar refractivity (Wildman–Crippen MR) is 76.9 cm³/mol. The van der Waals surface area contributed by atoms with Crippen molar-refractivity contribution in [3.8, 4) is 11.5 Å². The molecule has 2 aromatic carbocycles. The number of ether oxygens (including phenoxy) is 1. The molecule has 0 atom stereocenters. The minimum absolute atomic E-state index is 0.122. The van der Waals surface area contributed by atoms with Crippen LogP contribution in [0.4, 0.5) is 5.69 Å². The molecule has 0 aliphatic heterocycles. The van der Waals surface area contributed by atoms with E-state index in [2.05, 4.69) is 5.32 Å². The van der Waals surface area contributed by atoms with E-state index in [1.165, 1.54) is 7.11 Å². The normalized spacial score (nSPS) is 10.1. The standard InChI is InChI=1S/C15H16N2O3/c1-20-13-4-2-3-11(14(13)18)9-17-12-7-5-10(6-8-12)15(16)19/h2-8,17-18H,9H2,1H3,(H2,16,19). The molecule has 4 N–H and O–H groups in total. The summed E-state index contributed by atoms with van der Waals surface area (Å²) < 4.78 is 5.05. The Balaban J connectivity index is 2.07. The summed E-state index contributed by atoms with van der Waals surface area (Å²) in [6, 6.07) is 12.1. The van der Waals surface area contributed by atoms with Crippen LogP contribution in [0.15, 0.2) is 42.5 Å². The molecule has 0 heterocycles. The molecule has 0 saturated carbocycles. The van der Waals surface area contributed by atoms with Gasteiger partial charge in [0.1, 0.15) is 0 Å². The molecule has 0 unspecified atom stereocenters. The van der Waals surface area contributed by atoms with Crippen molar-refractivity contribution < 1.29 is 14.6 Å². The Morgan fingerprint density at radius 2 is 1.95 bits per heavy atom. The first-order valence-corrected chi connectivity index (χ1v) is 6.10. The molecule has 2 aromatic rings. The summed E-state index contributed by atoms with van der Waals surface area (Å²) in [7, 11) is 1.51. The minimum atomic E-state index is -0.456. The fourth-order valence-electron chi connectivity index (χ4n) is 1.82. The van der Waals surface area contributed by atoms with Crippen molar-refractivity contribution in [2.75, 3.05) is 12.4 Å². The van der Waals surface area contributed by atoms with E-state index < -0.39 is 5.91 Å². The van der Waals surface area contributed by atoms with Crippen LogP contribution < -0.4 is 15.8 Å². The Hall–Kier alpha value is -2.69. The number of nitrogens with one attached hydrogen (secondary N) is 1. The number of carbonyl (C=O) groups is 1. The van der Waals surface area contributed by atoms with Crippen molar-refractivity contribution in [3.05, 3.63) is 53.6 Å². The number of primary amides is 1. The van der Waals surface area contributed by atoms with Gasteiger partial charge in [0.2, 0.25) is 5.91 Å². The molecule has 104 valence electrons. The second-order valence-corrected chi connectivity index (χ2v) is 4.26. The molecule has 0 aliphatic carbocycles. The van der Waals surface area contributed by atoms with Crippen LogP contribution in [0.5, 0.6) is 11.5 Å². The topological polar surface area (TPSA) is 84.6 Å². The quantitative estimate of drug-likeness (QED) is 0.778. The first kappa shape index (κ1) is 13.7. The lowest BCUT2D eigenvalue weighted by atomic mass is 10.1. The zero-order valence-corrected chi connectivity index (χ0v) is 11.1. The van der Waals surface area contributed by atoms with Gasteiger partial charge in [-0.3, -0.25) is 4.79 Å². The third-order valence-electron chi connectivity index (χ3n) is 2.95. The second-order valence-electron chi connectivity index (χ2n) is 4.26. The molecular formula is C15H16N2O3. The molecule has 0 bridgehead atoms. The number of rotatable bonds is 5. The number of benzene rings is 2. The molecule has 2 rings (SSSR count). The average Bonchev–Trinajstić information content (AvgIpc) is 2.46. The number of anilines is 1. The van der Waals surface area contributed by atoms with E-state index in [0.29, 0.717) is 17.9 Å². The summed E-state index contributed by atoms with van der Waals surface area (Å²) in [6.07, 6.45) is 0. The van der Waals surface area contributed by atoms with Crippen molar-refractivity contribution in [1.82, 2.24) is 0 Å². The van der Waals surface area contributed by atoms with Crippen molar-refractivity contribution in [1.29, 1.82) is 0 Å². The van der Waals surface area contributed by atoms with Gasteiger partial charge in [-0.2, -0.15) is 0 Å². The summed E-state index contributed by atoms with van der Waals surface area (Å²) in [4.78, 5) is 11.0. The van der Waals surface area contributed by atoms with Crippen molar-refractivity contribution in [3.63, 3.8) is 0 Å². The van der Waals surface area contributed by atoms with Crippen LogP contribution in [-0.4, -0.2) is 18.1 Å². The van der Waals surface area contributed by atoms with Gasteiger partial charge in [0.15, 0.2) is 11.5 Å². The lowest BCUT2D eigenvalue weighted by Crippen LogP contribution is -2.10. The van der Waals surface area contributed by atoms with Gasteiger partial charge in [-0.05, 0) is 30.3 Å². The number of amides is 1. The Morgan fingerprint density at radius 3 is 2.55 bits per heavy atom. The number of hydrogen-bond donors (Lipinski definition) is 3. The molecule has 20 heavy (non-hydrogen) atoms. The highest BCUT2D eigenvalue weighted by atomic mass is 16.5. The van der Waals surface area contributed by atoms with Crippen LogP contribution in [0.1, 0.15) is 15.9 Å². The Kier molecular flexibility index (Phi) is 4.10. The van der Waals surface area contributed by atoms with Gasteiger partial charge in [-0.25, -0.2) is 0 Å². The monoisotopic (exact) mass is 272 g/mol. The largest absolute Gasteiger partial charge is 0.504 e. The molecule has 5 nitrogen and oxygen atoms in total. The molecule has 0 aromatic heterocycles. The smallest absolute Gasteiger partial charge is 0.248 e. The van der Waals surface area contributed by atoms with Gasteiger partial charge in [0.05, 0.1) is 7.11 Å². The SMILES string of the molecule is COc1cccc(CNc2ccc(C(N)=O)cc2)c1O. The third-order valence-corrected chi connectivity index (χ3v) is 2.95. The van der Waals surface area contributed by atoms with Gasteiger partial charge in [-0.1, -0.05) is 12.1 Å². The van der Waals surface area contributed by atoms with Crippen LogP contribution >= 0.6 is 0 Å². The molecule has 0 aliphatic rings. The van der Waals surface area contributed by atoms with Crippen molar-refractivity contribution in [2.45, 2.75) is 6.54 Å². The number of para-hydroxylation sites is 1. The van der Waals surface area contributed by atoms with E-state index in [0.717, 1.165) is 11.3 Å². The van der Waals surface area contributed by atoms with E-state index in [4.69, 9.17) is 10.5 Å². The fraction of sp³-hybridized carbons (Fsp3) is 0.133. The fourth-order valence-corrected chi connectivity index (χ4v) is 1.82. The number of nitrogens with two attached hydrogens (primary N) is 1. The number of phenols is 1. The van der Waals surface area contributed by atoms with E-state index in [1.54, 1.807) is 30.3 Å². The first-order valence-electron chi connectivity index (χ1n) is 6.10. The average molecular weight is 272 g/mol. The lowest BCUT2D eigenvalue weighted by Gasteiger charge is -2.10. The van der Waals surface area contributed by atoms with E-state index >= 15 is 0 Å². The van der Waals surface area contributed by atoms with Crippen molar-refractivity contribution >= 4 is 11.6 Å². The summed E-state index contributed by atoms with van der Waals surface area (Å²) >= 11 is 0. The van der Waals surface area contributed by atoms with Gasteiger partial charge in [0, 0.05) is 23.4 Å². The number of hydrogen-bond acceptors (Lipinski definition) is 4. The maximum absolute atomic E-state index is 11.0. The summed E-state index contributed by atoms with van der Waals surface area (Å²) in [5.41, 5.74) is 7.19. The van der Waals surface area contributed by atoms with Crippen LogP contribution in [0.2, 0.25) is 0 Å². The zero-order chi connectivity index (χ0) is 14.5.